The van der Waals surface area contributed by atoms with Crippen LogP contribution in [0.5, 0.6) is 0 Å². The highest BCUT2D eigenvalue weighted by Gasteiger charge is 2.37. The minimum Gasteiger partial charge on any atom is -0.455 e. The Morgan fingerprint density at radius 3 is 1.60 bits per heavy atom. The molecule has 0 N–H and O–H groups in total. The van der Waals surface area contributed by atoms with Crippen LogP contribution in [0.2, 0.25) is 0 Å². The fraction of sp³-hybridized carbons (Fsp3) is 0.0508. The molecule has 0 atom stereocenters. The van der Waals surface area contributed by atoms with Crippen molar-refractivity contribution in [2.24, 2.45) is 0 Å². The van der Waals surface area contributed by atoms with Crippen molar-refractivity contribution in [1.82, 2.24) is 0 Å². The Bertz CT molecular complexity index is 3740. The summed E-state index contributed by atoms with van der Waals surface area (Å²) in [6, 6.07) is 71.8. The molecule has 1 aromatic heterocycles. The number of fused-ring (bicyclic) bond motifs is 12. The largest absolute Gasteiger partial charge is 0.455 e. The predicted molar refractivity (Wildman–Crippen MR) is 255 cm³/mol. The van der Waals surface area contributed by atoms with Crippen LogP contribution in [-0.4, -0.2) is 0 Å². The molecule has 0 saturated heterocycles. The van der Waals surface area contributed by atoms with E-state index >= 15 is 0 Å². The molecule has 0 bridgehead atoms. The standard InChI is InChI=1S/C59H38O/c1-59(2)50-25-12-11-23-48(50)56-51(59)30-31-52-57(56)49-34-38-15-4-6-18-42(38)54(58(49)60-52)40-29-27-36-32-39(28-26-37(36)33-40)53-44-19-7-9-21-46(44)55(47-22-10-8-20-45(47)53)43-24-13-16-35-14-3-5-17-41(35)43/h3-34H,1-2H3. The first-order valence-corrected chi connectivity index (χ1v) is 21.0. The van der Waals surface area contributed by atoms with Gasteiger partial charge in [-0.2, -0.15) is 0 Å². The van der Waals surface area contributed by atoms with Gasteiger partial charge in [0.05, 0.1) is 0 Å². The van der Waals surface area contributed by atoms with Crippen LogP contribution in [0.4, 0.5) is 0 Å². The maximum atomic E-state index is 6.99. The Kier molecular flexibility index (Phi) is 6.85. The van der Waals surface area contributed by atoms with Crippen LogP contribution < -0.4 is 0 Å². The zero-order valence-electron chi connectivity index (χ0n) is 33.4. The number of furan rings is 1. The third kappa shape index (κ3) is 4.58. The van der Waals surface area contributed by atoms with Crippen LogP contribution in [0.1, 0.15) is 25.0 Å². The van der Waals surface area contributed by atoms with Gasteiger partial charge in [0.15, 0.2) is 0 Å². The van der Waals surface area contributed by atoms with Crippen LogP contribution in [0.25, 0.3) is 120 Å². The van der Waals surface area contributed by atoms with Crippen molar-refractivity contribution in [1.29, 1.82) is 0 Å². The SMILES string of the molecule is CC1(C)c2ccccc2-c2c1ccc1oc3c(-c4ccc5cc(-c6c7ccccc7c(-c7cccc8ccccc78)c7ccccc67)ccc5c4)c4ccccc4cc3c21. The highest BCUT2D eigenvalue weighted by Crippen LogP contribution is 2.54. The van der Waals surface area contributed by atoms with Gasteiger partial charge in [-0.25, -0.2) is 0 Å². The van der Waals surface area contributed by atoms with E-state index in [0.29, 0.717) is 0 Å². The number of rotatable bonds is 3. The lowest BCUT2D eigenvalue weighted by Gasteiger charge is -2.21. The summed E-state index contributed by atoms with van der Waals surface area (Å²) in [5.41, 5.74) is 14.5. The monoisotopic (exact) mass is 762 g/mol. The van der Waals surface area contributed by atoms with Crippen molar-refractivity contribution in [2.75, 3.05) is 0 Å². The van der Waals surface area contributed by atoms with E-state index in [1.807, 2.05) is 0 Å². The molecule has 0 unspecified atom stereocenters. The summed E-state index contributed by atoms with van der Waals surface area (Å²) in [5, 5.41) is 14.8. The molecule has 1 heteroatoms. The summed E-state index contributed by atoms with van der Waals surface area (Å²) >= 11 is 0. The number of benzene rings is 11. The third-order valence-corrected chi connectivity index (χ3v) is 13.6. The number of hydrogen-bond acceptors (Lipinski definition) is 1. The topological polar surface area (TPSA) is 13.1 Å². The van der Waals surface area contributed by atoms with Gasteiger partial charge in [0.25, 0.3) is 0 Å². The second-order valence-corrected chi connectivity index (χ2v) is 17.1. The molecule has 1 aliphatic rings. The van der Waals surface area contributed by atoms with Gasteiger partial charge >= 0.3 is 0 Å². The molecule has 0 fully saturated rings. The van der Waals surface area contributed by atoms with Gasteiger partial charge in [-0.05, 0) is 128 Å². The predicted octanol–water partition coefficient (Wildman–Crippen LogP) is 16.7. The molecule has 0 spiro atoms. The van der Waals surface area contributed by atoms with Crippen molar-refractivity contribution in [2.45, 2.75) is 19.3 Å². The lowest BCUT2D eigenvalue weighted by atomic mass is 9.82. The van der Waals surface area contributed by atoms with Crippen molar-refractivity contribution in [3.05, 3.63) is 205 Å². The third-order valence-electron chi connectivity index (χ3n) is 13.6. The molecule has 0 radical (unpaired) electrons. The quantitative estimate of drug-likeness (QED) is 0.163. The molecule has 0 aliphatic heterocycles. The molecule has 0 saturated carbocycles. The summed E-state index contributed by atoms with van der Waals surface area (Å²) in [6.45, 7) is 4.69. The van der Waals surface area contributed by atoms with E-state index in [1.54, 1.807) is 0 Å². The minimum atomic E-state index is -0.0853. The zero-order chi connectivity index (χ0) is 39.7. The molecule has 1 nitrogen and oxygen atoms in total. The van der Waals surface area contributed by atoms with E-state index in [2.05, 4.69) is 208 Å². The normalized spacial score (nSPS) is 13.3. The molecule has 280 valence electrons. The van der Waals surface area contributed by atoms with E-state index < -0.39 is 0 Å². The van der Waals surface area contributed by atoms with Gasteiger partial charge in [-0.1, -0.05) is 184 Å². The summed E-state index contributed by atoms with van der Waals surface area (Å²) in [6.07, 6.45) is 0. The molecule has 13 rings (SSSR count). The lowest BCUT2D eigenvalue weighted by molar-refractivity contribution is 0.657. The molecule has 0 amide bonds. The molecule has 1 heterocycles. The van der Waals surface area contributed by atoms with E-state index in [4.69, 9.17) is 4.42 Å². The first-order valence-electron chi connectivity index (χ1n) is 21.0. The second-order valence-electron chi connectivity index (χ2n) is 17.1. The average molecular weight is 763 g/mol. The van der Waals surface area contributed by atoms with Crippen LogP contribution in [-0.2, 0) is 5.41 Å². The van der Waals surface area contributed by atoms with Gasteiger partial charge in [-0.3, -0.25) is 0 Å². The molecular weight excluding hydrogens is 725 g/mol. The van der Waals surface area contributed by atoms with Crippen molar-refractivity contribution in [3.63, 3.8) is 0 Å². The lowest BCUT2D eigenvalue weighted by Crippen LogP contribution is -2.14. The molecule has 60 heavy (non-hydrogen) atoms. The Hall–Kier alpha value is -7.48. The van der Waals surface area contributed by atoms with Gasteiger partial charge in [0, 0.05) is 21.8 Å². The smallest absolute Gasteiger partial charge is 0.143 e. The Morgan fingerprint density at radius 2 is 0.883 bits per heavy atom. The Labute approximate surface area is 347 Å². The van der Waals surface area contributed by atoms with E-state index in [-0.39, 0.29) is 5.41 Å². The van der Waals surface area contributed by atoms with Gasteiger partial charge < -0.3 is 4.42 Å². The van der Waals surface area contributed by atoms with Gasteiger partial charge in [0.1, 0.15) is 11.2 Å². The van der Waals surface area contributed by atoms with Gasteiger partial charge in [-0.15, -0.1) is 0 Å². The number of hydrogen-bond donors (Lipinski definition) is 0. The summed E-state index contributed by atoms with van der Waals surface area (Å²) in [4.78, 5) is 0. The summed E-state index contributed by atoms with van der Waals surface area (Å²) in [5.74, 6) is 0. The van der Waals surface area contributed by atoms with Crippen LogP contribution in [0.15, 0.2) is 199 Å². The van der Waals surface area contributed by atoms with Crippen LogP contribution in [0, 0.1) is 0 Å². The maximum absolute atomic E-state index is 6.99. The van der Waals surface area contributed by atoms with E-state index in [1.165, 1.54) is 109 Å². The second kappa shape index (κ2) is 12.3. The van der Waals surface area contributed by atoms with E-state index in [9.17, 15) is 0 Å². The molecule has 11 aromatic carbocycles. The minimum absolute atomic E-state index is 0.0853. The molecule has 12 aromatic rings. The van der Waals surface area contributed by atoms with Gasteiger partial charge in [0.2, 0.25) is 0 Å². The Morgan fingerprint density at radius 1 is 0.333 bits per heavy atom. The molecule has 1 aliphatic carbocycles. The van der Waals surface area contributed by atoms with Crippen LogP contribution in [0.3, 0.4) is 0 Å². The van der Waals surface area contributed by atoms with Crippen molar-refractivity contribution >= 4 is 75.8 Å². The maximum Gasteiger partial charge on any atom is 0.143 e. The average Bonchev–Trinajstić information content (AvgIpc) is 3.78. The van der Waals surface area contributed by atoms with E-state index in [0.717, 1.165) is 22.3 Å². The fourth-order valence-corrected chi connectivity index (χ4v) is 10.9. The first-order chi connectivity index (χ1) is 29.5. The summed E-state index contributed by atoms with van der Waals surface area (Å²) < 4.78 is 6.99. The highest BCUT2D eigenvalue weighted by molar-refractivity contribution is 6.25. The summed E-state index contributed by atoms with van der Waals surface area (Å²) in [7, 11) is 0. The first kappa shape index (κ1) is 33.5. The fourth-order valence-electron chi connectivity index (χ4n) is 10.9. The van der Waals surface area contributed by atoms with Crippen molar-refractivity contribution < 1.29 is 4.42 Å². The van der Waals surface area contributed by atoms with Crippen LogP contribution >= 0.6 is 0 Å². The highest BCUT2D eigenvalue weighted by atomic mass is 16.3. The molecular formula is C59H38O. The Balaban J connectivity index is 1.02. The zero-order valence-corrected chi connectivity index (χ0v) is 33.4. The van der Waals surface area contributed by atoms with Crippen molar-refractivity contribution in [3.8, 4) is 44.5 Å².